The van der Waals surface area contributed by atoms with Gasteiger partial charge in [-0.25, -0.2) is 16.8 Å². The molecule has 3 aliphatic carbocycles. The Morgan fingerprint density at radius 2 is 1.05 bits per heavy atom. The Labute approximate surface area is 425 Å². The zero-order chi connectivity index (χ0) is 46.3. The number of hydrogen-bond acceptors (Lipinski definition) is 20. The summed E-state index contributed by atoms with van der Waals surface area (Å²) >= 11 is 0. The first-order valence-electron chi connectivity index (χ1n) is 19.6. The molecule has 332 valence electrons. The van der Waals surface area contributed by atoms with Gasteiger partial charge in [0.2, 0.25) is 17.3 Å². The van der Waals surface area contributed by atoms with Gasteiger partial charge in [0.15, 0.2) is 0 Å². The second-order valence-electron chi connectivity index (χ2n) is 13.8. The fraction of sp³-hybridized carbons (Fsp3) is 0.190. The van der Waals surface area contributed by atoms with Gasteiger partial charge in [0, 0.05) is 49.7 Å². The van der Waals surface area contributed by atoms with Gasteiger partial charge in [-0.05, 0) is 118 Å². The standard InChI is InChI=1S/C42H43N11O9S2.2Na/c1-5-52(6-2)30-17-19-32(34(54)23-30)48-44-26-9-13-28(14-10-26)46-50-40-36(63(57,58)59)21-25-22-37(64(60,61)62)41(42(56)38(25)39(40)43)51-47-29-15-11-27(12-16-29)45-49-33-20-18-31(24-35(33)55)53(7-3)8-4;;/h9-24,44-45,47H,5-8,43H2,1-4H3,(H,57,58,59)(H,60,61,62);;/q;2*+1/p-2. The van der Waals surface area contributed by atoms with Gasteiger partial charge in [0.1, 0.15) is 43.1 Å². The summed E-state index contributed by atoms with van der Waals surface area (Å²) in [5, 5.41) is 20.1. The predicted octanol–water partition coefficient (Wildman–Crippen LogP) is -0.588. The molecule has 3 aliphatic rings. The maximum Gasteiger partial charge on any atom is 1.00 e. The largest absolute Gasteiger partial charge is 1.00 e. The Morgan fingerprint density at radius 3 is 1.45 bits per heavy atom. The number of rotatable bonds is 16. The second-order valence-corrected chi connectivity index (χ2v) is 16.5. The summed E-state index contributed by atoms with van der Waals surface area (Å²) in [6, 6.07) is 12.7. The van der Waals surface area contributed by atoms with E-state index in [2.05, 4.69) is 41.8 Å². The number of hydrogen-bond donors (Lipinski definition) is 4. The van der Waals surface area contributed by atoms with Crippen LogP contribution in [0.2, 0.25) is 0 Å². The van der Waals surface area contributed by atoms with Crippen molar-refractivity contribution in [2.75, 3.05) is 48.2 Å². The first-order valence-corrected chi connectivity index (χ1v) is 22.4. The molecule has 0 bridgehead atoms. The van der Waals surface area contributed by atoms with Crippen LogP contribution in [-0.4, -0.2) is 96.4 Å². The fourth-order valence-corrected chi connectivity index (χ4v) is 7.85. The van der Waals surface area contributed by atoms with Crippen molar-refractivity contribution in [1.82, 2.24) is 9.80 Å². The fourth-order valence-electron chi connectivity index (χ4n) is 6.55. The molecule has 5 N–H and O–H groups in total. The number of benzene rings is 3. The molecule has 0 saturated carbocycles. The number of fused-ring (bicyclic) bond motifs is 1. The summed E-state index contributed by atoms with van der Waals surface area (Å²) in [4.78, 5) is 41.0. The minimum Gasteiger partial charge on any atom is -0.744 e. The van der Waals surface area contributed by atoms with E-state index in [-0.39, 0.29) is 93.5 Å². The van der Waals surface area contributed by atoms with Crippen molar-refractivity contribution in [2.24, 2.45) is 25.5 Å². The van der Waals surface area contributed by atoms with Gasteiger partial charge in [0.05, 0.1) is 43.8 Å². The third-order valence-electron chi connectivity index (χ3n) is 9.90. The molecule has 0 aromatic heterocycles. The van der Waals surface area contributed by atoms with Gasteiger partial charge < -0.3 is 24.6 Å². The van der Waals surface area contributed by atoms with Crippen molar-refractivity contribution in [1.29, 1.82) is 0 Å². The average molecular weight is 954 g/mol. The van der Waals surface area contributed by atoms with Gasteiger partial charge in [-0.1, -0.05) is 0 Å². The Morgan fingerprint density at radius 1 is 0.606 bits per heavy atom. The number of likely N-dealkylation sites (N-methyl/N-ethyl adjacent to an activating group) is 2. The first-order chi connectivity index (χ1) is 30.4. The van der Waals surface area contributed by atoms with E-state index < -0.39 is 64.0 Å². The molecular weight excluding hydrogens is 913 g/mol. The molecule has 20 nitrogen and oxygen atoms in total. The zero-order valence-electron chi connectivity index (χ0n) is 36.8. The van der Waals surface area contributed by atoms with Crippen molar-refractivity contribution in [2.45, 2.75) is 32.6 Å². The number of nitrogens with two attached hydrogens (primary N) is 1. The number of nitrogens with zero attached hydrogens (tertiary/aromatic N) is 7. The summed E-state index contributed by atoms with van der Waals surface area (Å²) < 4.78 is 74.5. The molecule has 3 aromatic carbocycles. The van der Waals surface area contributed by atoms with Crippen LogP contribution in [0.1, 0.15) is 43.6 Å². The van der Waals surface area contributed by atoms with Crippen molar-refractivity contribution >= 4 is 94.9 Å². The maximum atomic E-state index is 13.9. The minimum atomic E-state index is -5.43. The van der Waals surface area contributed by atoms with Crippen LogP contribution < -0.4 is 81.1 Å². The Hall–Kier alpha value is -5.40. The number of hydrazone groups is 3. The van der Waals surface area contributed by atoms with Crippen LogP contribution in [-0.2, 0) is 29.8 Å². The number of nitrogens with one attached hydrogen (secondary N) is 3. The van der Waals surface area contributed by atoms with Gasteiger partial charge in [0.25, 0.3) is 0 Å². The average Bonchev–Trinajstić information content (AvgIpc) is 3.26. The van der Waals surface area contributed by atoms with E-state index in [4.69, 9.17) is 5.73 Å². The van der Waals surface area contributed by atoms with Gasteiger partial charge in [-0.2, -0.15) is 20.4 Å². The Bertz CT molecular complexity index is 2920. The topological polar surface area (TPSA) is 296 Å². The van der Waals surface area contributed by atoms with Gasteiger partial charge in [-0.15, -0.1) is 5.11 Å². The van der Waals surface area contributed by atoms with Crippen LogP contribution in [0.25, 0.3) is 6.08 Å². The number of ketones is 3. The quantitative estimate of drug-likeness (QED) is 0.0349. The second kappa shape index (κ2) is 22.9. The van der Waals surface area contributed by atoms with Crippen LogP contribution in [0.5, 0.6) is 0 Å². The number of azo groups is 1. The van der Waals surface area contributed by atoms with E-state index in [9.17, 15) is 40.3 Å². The maximum absolute atomic E-state index is 13.9. The summed E-state index contributed by atoms with van der Waals surface area (Å²) in [5.74, 6) is -1.78. The van der Waals surface area contributed by atoms with E-state index in [0.29, 0.717) is 23.5 Å². The van der Waals surface area contributed by atoms with Crippen LogP contribution in [0.15, 0.2) is 138 Å². The Kier molecular flexibility index (Phi) is 18.4. The van der Waals surface area contributed by atoms with Gasteiger partial charge >= 0.3 is 59.1 Å². The number of Topliss-reactive ketones (excluding diaryl/α,β-unsaturated/α-hetero) is 1. The number of allylic oxidation sites excluding steroid dienone is 7. The van der Waals surface area contributed by atoms with Crippen molar-refractivity contribution in [3.63, 3.8) is 0 Å². The third kappa shape index (κ3) is 12.5. The monoisotopic (exact) mass is 953 g/mol. The zero-order valence-corrected chi connectivity index (χ0v) is 42.4. The first kappa shape index (κ1) is 53.2. The van der Waals surface area contributed by atoms with Gasteiger partial charge in [-0.3, -0.25) is 30.7 Å². The van der Waals surface area contributed by atoms with Crippen molar-refractivity contribution in [3.8, 4) is 0 Å². The van der Waals surface area contributed by atoms with E-state index in [1.54, 1.807) is 24.3 Å². The van der Waals surface area contributed by atoms with Crippen molar-refractivity contribution in [3.05, 3.63) is 118 Å². The summed E-state index contributed by atoms with van der Waals surface area (Å²) in [6.45, 7) is 10.9. The minimum absolute atomic E-state index is 0. The predicted molar refractivity (Wildman–Crippen MR) is 241 cm³/mol. The summed E-state index contributed by atoms with van der Waals surface area (Å²) in [7, 11) is -10.8. The van der Waals surface area contributed by atoms with E-state index in [1.165, 1.54) is 60.7 Å². The molecule has 0 aliphatic heterocycles. The molecule has 3 aromatic rings. The third-order valence-corrected chi connectivity index (χ3v) is 11.6. The van der Waals surface area contributed by atoms with Crippen LogP contribution in [0.3, 0.4) is 0 Å². The molecule has 0 heterocycles. The summed E-state index contributed by atoms with van der Waals surface area (Å²) in [5.41, 5.74) is 14.3. The molecule has 0 unspecified atom stereocenters. The van der Waals surface area contributed by atoms with E-state index in [1.807, 2.05) is 37.5 Å². The number of carbonyl (C=O) groups excluding carboxylic acids is 3. The van der Waals surface area contributed by atoms with Crippen LogP contribution >= 0.6 is 0 Å². The Balaban J connectivity index is 0.00000476. The molecule has 24 heteroatoms. The van der Waals surface area contributed by atoms with Crippen LogP contribution in [0, 0.1) is 0 Å². The number of nitrogen functional groups attached to an aromatic ring is 1. The number of anilines is 4. The van der Waals surface area contributed by atoms with E-state index in [0.717, 1.165) is 37.6 Å². The molecule has 66 heavy (non-hydrogen) atoms. The molecule has 0 atom stereocenters. The molecule has 0 spiro atoms. The molecular formula is C42H41N11Na2O9S2. The molecule has 0 amide bonds. The molecule has 0 saturated heterocycles. The normalized spacial score (nSPS) is 16.6. The molecule has 0 fully saturated rings. The smallest absolute Gasteiger partial charge is 0.744 e. The molecule has 0 radical (unpaired) electrons. The SMILES string of the molecule is CCN(CC)C1=CC(=O)C(=NNc2ccc(N=Nc3c(S(=O)(=O)[O-])cc4c(c3N)C(=O)C(=NNc3ccc(NN=C5C=CC(N(CC)CC)=CC5=O)cc3)C(S(=O)(=O)[O-])=C4)cc2)C=C1.[Na+].[Na+]. The van der Waals surface area contributed by atoms with Crippen molar-refractivity contribution < 1.29 is 99.4 Å². The van der Waals surface area contributed by atoms with E-state index >= 15 is 0 Å². The number of carbonyl (C=O) groups is 3. The van der Waals surface area contributed by atoms with Crippen LogP contribution in [0.4, 0.5) is 34.1 Å². The summed E-state index contributed by atoms with van der Waals surface area (Å²) in [6.07, 6.45) is 10.5. The molecule has 6 rings (SSSR count).